The topological polar surface area (TPSA) is 116 Å². The Morgan fingerprint density at radius 2 is 1.75 bits per heavy atom. The number of urea groups is 1. The van der Waals surface area contributed by atoms with Crippen LogP contribution < -0.4 is 40.2 Å². The van der Waals surface area contributed by atoms with Gasteiger partial charge in [0.05, 0.1) is 12.5 Å². The Hall–Kier alpha value is -2.94. The molecule has 3 N–H and O–H groups in total. The van der Waals surface area contributed by atoms with E-state index in [1.54, 1.807) is 25.1 Å². The second-order valence-corrected chi connectivity index (χ2v) is 7.32. The first kappa shape index (κ1) is 25.3. The molecule has 3 rings (SSSR count). The number of hydrogen-bond donors (Lipinski definition) is 3. The van der Waals surface area contributed by atoms with Gasteiger partial charge in [-0.25, -0.2) is 4.79 Å². The molecule has 0 bridgehead atoms. The molecule has 0 saturated carbocycles. The van der Waals surface area contributed by atoms with Gasteiger partial charge < -0.3 is 22.1 Å². The van der Waals surface area contributed by atoms with E-state index in [9.17, 15) is 24.3 Å². The van der Waals surface area contributed by atoms with Crippen molar-refractivity contribution in [3.05, 3.63) is 71.9 Å². The van der Waals surface area contributed by atoms with E-state index in [1.807, 2.05) is 36.4 Å². The quantitative estimate of drug-likeness (QED) is 0.413. The molecule has 0 fully saturated rings. The molecule has 1 unspecified atom stereocenters. The number of likely N-dealkylation sites (N-methyl/N-ethyl adjacent to an activating group) is 1. The van der Waals surface area contributed by atoms with Crippen molar-refractivity contribution in [1.29, 1.82) is 0 Å². The maximum atomic E-state index is 12.6. The van der Waals surface area contributed by atoms with Gasteiger partial charge >= 0.3 is 41.6 Å². The third-order valence-electron chi connectivity index (χ3n) is 4.99. The third kappa shape index (κ3) is 6.06. The van der Waals surface area contributed by atoms with Gasteiger partial charge in [0.1, 0.15) is 0 Å². The number of nitrogens with zero attached hydrogens (tertiary/aromatic N) is 1. The summed E-state index contributed by atoms with van der Waals surface area (Å²) in [6.07, 6.45) is 1.04. The number of carbonyl (C=O) groups is 4. The van der Waals surface area contributed by atoms with Crippen molar-refractivity contribution in [3.63, 3.8) is 0 Å². The van der Waals surface area contributed by atoms with E-state index < -0.39 is 35.8 Å². The Balaban J connectivity index is 0.00000272. The molecule has 1 aliphatic heterocycles. The molecule has 9 heteroatoms. The smallest absolute Gasteiger partial charge is 1.00 e. The fraction of sp³-hybridized carbons (Fsp3) is 0.217. The normalized spacial score (nSPS) is 16.5. The molecule has 1 heterocycles. The van der Waals surface area contributed by atoms with E-state index in [0.717, 1.165) is 11.1 Å². The molecule has 162 valence electrons. The van der Waals surface area contributed by atoms with Crippen LogP contribution in [0.3, 0.4) is 0 Å². The fourth-order valence-corrected chi connectivity index (χ4v) is 3.41. The van der Waals surface area contributed by atoms with Gasteiger partial charge in [-0.15, -0.1) is 0 Å². The van der Waals surface area contributed by atoms with Crippen LogP contribution in [0.15, 0.2) is 66.4 Å². The number of rotatable bonds is 6. The Kier molecular flexibility index (Phi) is 8.77. The summed E-state index contributed by atoms with van der Waals surface area (Å²) in [4.78, 5) is 49.8. The number of aliphatic carboxylic acids is 1. The molecule has 2 aromatic carbocycles. The van der Waals surface area contributed by atoms with Gasteiger partial charge in [-0.05, 0) is 29.7 Å². The van der Waals surface area contributed by atoms with Crippen LogP contribution in [0.1, 0.15) is 26.4 Å². The first-order valence-electron chi connectivity index (χ1n) is 9.70. The van der Waals surface area contributed by atoms with Crippen molar-refractivity contribution < 1.29 is 55.3 Å². The summed E-state index contributed by atoms with van der Waals surface area (Å²) in [6.45, 7) is 1.56. The zero-order chi connectivity index (χ0) is 22.5. The summed E-state index contributed by atoms with van der Waals surface area (Å²) >= 11 is 0. The predicted molar refractivity (Wildman–Crippen MR) is 115 cm³/mol. The Labute approximate surface area is 209 Å². The number of carboxylic acid groups (broad SMARTS) is 1. The largest absolute Gasteiger partial charge is 1.00 e. The molecule has 0 aromatic heterocycles. The second-order valence-electron chi connectivity index (χ2n) is 7.32. The summed E-state index contributed by atoms with van der Waals surface area (Å²) in [5.41, 5.74) is 2.75. The molecule has 0 spiro atoms. The van der Waals surface area contributed by atoms with Gasteiger partial charge in [0, 0.05) is 18.8 Å². The van der Waals surface area contributed by atoms with Crippen LogP contribution in [0.5, 0.6) is 0 Å². The number of Topliss-reactive ketones (excluding diaryl/α,β-unsaturated/α-hetero) is 1. The zero-order valence-electron chi connectivity index (χ0n) is 19.2. The van der Waals surface area contributed by atoms with Crippen molar-refractivity contribution in [2.75, 3.05) is 7.05 Å². The van der Waals surface area contributed by atoms with Gasteiger partial charge in [-0.2, -0.15) is 0 Å². The number of benzene rings is 2. The molecule has 0 aliphatic carbocycles. The number of hydrogen-bond acceptors (Lipinski definition) is 4. The summed E-state index contributed by atoms with van der Waals surface area (Å²) in [7, 11) is 1.49. The van der Waals surface area contributed by atoms with Crippen LogP contribution in [0, 0.1) is 0 Å². The minimum Gasteiger partial charge on any atom is -1.00 e. The molecule has 32 heavy (non-hydrogen) atoms. The monoisotopic (exact) mass is 445 g/mol. The minimum atomic E-state index is -1.35. The summed E-state index contributed by atoms with van der Waals surface area (Å²) in [6, 6.07) is 13.7. The van der Waals surface area contributed by atoms with Gasteiger partial charge in [-0.1, -0.05) is 48.5 Å². The van der Waals surface area contributed by atoms with Crippen molar-refractivity contribution >= 4 is 23.7 Å². The third-order valence-corrected chi connectivity index (χ3v) is 4.99. The summed E-state index contributed by atoms with van der Waals surface area (Å²) < 4.78 is 0. The van der Waals surface area contributed by atoms with Crippen molar-refractivity contribution in [1.82, 2.24) is 15.5 Å². The Morgan fingerprint density at radius 3 is 2.41 bits per heavy atom. The van der Waals surface area contributed by atoms with E-state index in [0.29, 0.717) is 11.1 Å². The average Bonchev–Trinajstić information content (AvgIpc) is 2.75. The van der Waals surface area contributed by atoms with Crippen LogP contribution >= 0.6 is 0 Å². The Morgan fingerprint density at radius 1 is 1.09 bits per heavy atom. The number of nitrogens with one attached hydrogen (secondary N) is 2. The number of carbonyl (C=O) groups excluding carboxylic acids is 3. The van der Waals surface area contributed by atoms with Crippen molar-refractivity contribution in [2.45, 2.75) is 25.4 Å². The van der Waals surface area contributed by atoms with Crippen LogP contribution in [-0.2, 0) is 14.4 Å². The van der Waals surface area contributed by atoms with E-state index in [-0.39, 0.29) is 37.4 Å². The van der Waals surface area contributed by atoms with E-state index >= 15 is 0 Å². The van der Waals surface area contributed by atoms with E-state index in [1.165, 1.54) is 18.1 Å². The molecule has 8 nitrogen and oxygen atoms in total. The zero-order valence-corrected chi connectivity index (χ0v) is 20.2. The van der Waals surface area contributed by atoms with E-state index in [2.05, 4.69) is 10.6 Å². The first-order chi connectivity index (χ1) is 14.8. The number of carboxylic acids is 1. The van der Waals surface area contributed by atoms with Crippen LogP contribution in [-0.4, -0.2) is 46.8 Å². The van der Waals surface area contributed by atoms with Crippen LogP contribution in [0.25, 0.3) is 11.1 Å². The minimum absolute atomic E-state index is 0. The Bertz CT molecular complexity index is 1060. The van der Waals surface area contributed by atoms with Crippen molar-refractivity contribution in [2.24, 2.45) is 0 Å². The van der Waals surface area contributed by atoms with Crippen molar-refractivity contribution in [3.8, 4) is 11.1 Å². The molecule has 3 amide bonds. The van der Waals surface area contributed by atoms with Crippen LogP contribution in [0.4, 0.5) is 4.79 Å². The van der Waals surface area contributed by atoms with Gasteiger partial charge in [0.15, 0.2) is 11.8 Å². The molecular weight excluding hydrogens is 421 g/mol. The summed E-state index contributed by atoms with van der Waals surface area (Å²) in [5.74, 6) is -2.16. The van der Waals surface area contributed by atoms with Gasteiger partial charge in [0.2, 0.25) is 0 Å². The van der Waals surface area contributed by atoms with Gasteiger partial charge in [-0.3, -0.25) is 14.4 Å². The van der Waals surface area contributed by atoms with Crippen LogP contribution in [0.2, 0.25) is 0 Å². The first-order valence-corrected chi connectivity index (χ1v) is 9.70. The SMILES string of the molecule is CC1=CN(C)C(=O)C(NC(=O)N[C@@H](CC(=O)O)c2cccc(-c3ccccc3)c2)C1=O.[H-].[Na+]. The second kappa shape index (κ2) is 11.1. The maximum absolute atomic E-state index is 12.6. The number of ketones is 1. The maximum Gasteiger partial charge on any atom is 1.00 e. The summed E-state index contributed by atoms with van der Waals surface area (Å²) in [5, 5.41) is 14.3. The molecule has 0 saturated heterocycles. The standard InChI is InChI=1S/C23H23N3O5.Na.H/c1-14-13-26(2)22(30)20(21(14)29)25-23(31)24-18(12-19(27)28)17-10-6-9-16(11-17)15-7-4-3-5-8-15;;/h3-11,13,18,20H,12H2,1-2H3,(H,27,28)(H2,24,25,31);;/q;+1;-1/t18-,20?;;/m0../s1. The molecule has 0 radical (unpaired) electrons. The van der Waals surface area contributed by atoms with Gasteiger partial charge in [0.25, 0.3) is 5.91 Å². The van der Waals surface area contributed by atoms with E-state index in [4.69, 9.17) is 0 Å². The molecule has 1 aliphatic rings. The molecule has 2 aromatic rings. The molecule has 2 atom stereocenters. The predicted octanol–water partition coefficient (Wildman–Crippen LogP) is -0.401. The number of amides is 3. The fourth-order valence-electron chi connectivity index (χ4n) is 3.41. The average molecular weight is 445 g/mol. The molecular formula is C23H24N3NaO5.